The van der Waals surface area contributed by atoms with Crippen molar-refractivity contribution in [1.29, 1.82) is 0 Å². The molecule has 3 aromatic carbocycles. The van der Waals surface area contributed by atoms with Crippen molar-refractivity contribution in [3.8, 4) is 5.75 Å². The zero-order valence-corrected chi connectivity index (χ0v) is 24.4. The molecule has 1 fully saturated rings. The first-order valence-corrected chi connectivity index (χ1v) is 15.4. The van der Waals surface area contributed by atoms with Crippen molar-refractivity contribution in [3.05, 3.63) is 77.4 Å². The van der Waals surface area contributed by atoms with Crippen molar-refractivity contribution in [3.63, 3.8) is 0 Å². The van der Waals surface area contributed by atoms with Crippen LogP contribution in [0.2, 0.25) is 0 Å². The van der Waals surface area contributed by atoms with Gasteiger partial charge in [-0.05, 0) is 61.9 Å². The van der Waals surface area contributed by atoms with Gasteiger partial charge < -0.3 is 15.0 Å². The van der Waals surface area contributed by atoms with Crippen LogP contribution in [0.15, 0.2) is 65.6 Å². The lowest BCUT2D eigenvalue weighted by molar-refractivity contribution is 0.0948. The minimum atomic E-state index is -3.69. The molecule has 9 nitrogen and oxygen atoms in total. The number of rotatable bonds is 9. The third-order valence-corrected chi connectivity index (χ3v) is 9.65. The molecule has 1 aliphatic heterocycles. The van der Waals surface area contributed by atoms with Crippen molar-refractivity contribution in [2.24, 2.45) is 0 Å². The lowest BCUT2D eigenvalue weighted by Gasteiger charge is -2.34. The van der Waals surface area contributed by atoms with Crippen molar-refractivity contribution in [2.45, 2.75) is 18.7 Å². The molecule has 210 valence electrons. The Kier molecular flexibility index (Phi) is 8.24. The molecule has 1 aliphatic rings. The Morgan fingerprint density at radius 3 is 2.35 bits per heavy atom. The molecule has 4 aromatic rings. The SMILES string of the molecule is COc1ccc(C)c2sc(N3CCN(CCNC(=O)c4ccc(NS(=O)(=O)c5ccc(C)cc5)cc4)CC3)nc12. The van der Waals surface area contributed by atoms with Crippen LogP contribution in [-0.2, 0) is 10.0 Å². The molecule has 0 saturated carbocycles. The molecule has 2 N–H and O–H groups in total. The minimum Gasteiger partial charge on any atom is -0.494 e. The van der Waals surface area contributed by atoms with E-state index >= 15 is 0 Å². The number of benzene rings is 3. The predicted molar refractivity (Wildman–Crippen MR) is 160 cm³/mol. The standard InChI is InChI=1S/C29H33N5O4S2/c1-20-4-11-24(12-5-20)40(36,37)32-23-9-7-22(8-10-23)28(35)30-14-15-33-16-18-34(19-17-33)29-31-26-25(38-3)13-6-21(2)27(26)39-29/h4-13,32H,14-19H2,1-3H3,(H,30,35). The molecule has 1 aromatic heterocycles. The maximum absolute atomic E-state index is 12.6. The number of ether oxygens (including phenoxy) is 1. The highest BCUT2D eigenvalue weighted by Gasteiger charge is 2.21. The zero-order valence-electron chi connectivity index (χ0n) is 22.8. The summed E-state index contributed by atoms with van der Waals surface area (Å²) in [5, 5.41) is 3.98. The second kappa shape index (κ2) is 11.8. The molecule has 1 saturated heterocycles. The number of nitrogens with zero attached hydrogens (tertiary/aromatic N) is 3. The topological polar surface area (TPSA) is 104 Å². The fraction of sp³-hybridized carbons (Fsp3) is 0.310. The van der Waals surface area contributed by atoms with Gasteiger partial charge in [-0.15, -0.1) is 0 Å². The van der Waals surface area contributed by atoms with E-state index in [0.29, 0.717) is 17.8 Å². The summed E-state index contributed by atoms with van der Waals surface area (Å²) < 4.78 is 34.4. The molecular formula is C29H33N5O4S2. The van der Waals surface area contributed by atoms with Crippen LogP contribution in [0.1, 0.15) is 21.5 Å². The Hall–Kier alpha value is -3.67. The van der Waals surface area contributed by atoms with Gasteiger partial charge in [-0.1, -0.05) is 35.1 Å². The van der Waals surface area contributed by atoms with E-state index in [1.807, 2.05) is 13.0 Å². The van der Waals surface area contributed by atoms with Crippen molar-refractivity contribution in [2.75, 3.05) is 56.0 Å². The number of thiazole rings is 1. The second-order valence-corrected chi connectivity index (χ2v) is 12.5. The number of sulfonamides is 1. The fourth-order valence-corrected chi connectivity index (χ4v) is 6.77. The highest BCUT2D eigenvalue weighted by Crippen LogP contribution is 2.36. The van der Waals surface area contributed by atoms with Gasteiger partial charge in [-0.2, -0.15) is 0 Å². The van der Waals surface area contributed by atoms with Gasteiger partial charge in [-0.3, -0.25) is 14.4 Å². The Morgan fingerprint density at radius 2 is 1.68 bits per heavy atom. The monoisotopic (exact) mass is 579 g/mol. The number of fused-ring (bicyclic) bond motifs is 1. The van der Waals surface area contributed by atoms with Gasteiger partial charge in [0.05, 0.1) is 16.7 Å². The largest absolute Gasteiger partial charge is 0.494 e. The molecule has 5 rings (SSSR count). The summed E-state index contributed by atoms with van der Waals surface area (Å²) in [4.78, 5) is 22.3. The summed E-state index contributed by atoms with van der Waals surface area (Å²) in [5.41, 5.74) is 3.98. The van der Waals surface area contributed by atoms with E-state index < -0.39 is 10.0 Å². The van der Waals surface area contributed by atoms with Crippen LogP contribution in [0.5, 0.6) is 5.75 Å². The fourth-order valence-electron chi connectivity index (χ4n) is 4.61. The quantitative estimate of drug-likeness (QED) is 0.305. The number of carbonyl (C=O) groups excluding carboxylic acids is 1. The Balaban J connectivity index is 1.08. The van der Waals surface area contributed by atoms with Gasteiger partial charge in [0.2, 0.25) is 0 Å². The molecule has 0 bridgehead atoms. The number of aromatic nitrogens is 1. The molecule has 2 heterocycles. The van der Waals surface area contributed by atoms with Crippen LogP contribution >= 0.6 is 11.3 Å². The van der Waals surface area contributed by atoms with Crippen LogP contribution in [0, 0.1) is 13.8 Å². The van der Waals surface area contributed by atoms with Crippen LogP contribution in [-0.4, -0.2) is 70.6 Å². The van der Waals surface area contributed by atoms with Gasteiger partial charge in [0.25, 0.3) is 15.9 Å². The van der Waals surface area contributed by atoms with E-state index in [9.17, 15) is 13.2 Å². The number of amides is 1. The molecule has 0 unspecified atom stereocenters. The van der Waals surface area contributed by atoms with Crippen molar-refractivity contribution < 1.29 is 17.9 Å². The van der Waals surface area contributed by atoms with Crippen LogP contribution in [0.4, 0.5) is 10.8 Å². The maximum Gasteiger partial charge on any atom is 0.261 e. The number of nitrogens with one attached hydrogen (secondary N) is 2. The summed E-state index contributed by atoms with van der Waals surface area (Å²) in [6.07, 6.45) is 0. The van der Waals surface area contributed by atoms with E-state index in [1.54, 1.807) is 67.0 Å². The normalized spacial score (nSPS) is 14.3. The number of anilines is 2. The Labute approximate surface area is 238 Å². The van der Waals surface area contributed by atoms with E-state index in [4.69, 9.17) is 9.72 Å². The maximum atomic E-state index is 12.6. The lowest BCUT2D eigenvalue weighted by Crippen LogP contribution is -2.48. The first kappa shape index (κ1) is 27.9. The molecule has 1 amide bonds. The number of aryl methyl sites for hydroxylation is 2. The molecule has 40 heavy (non-hydrogen) atoms. The summed E-state index contributed by atoms with van der Waals surface area (Å²) in [7, 11) is -2.02. The van der Waals surface area contributed by atoms with Crippen LogP contribution < -0.4 is 19.7 Å². The van der Waals surface area contributed by atoms with Crippen molar-refractivity contribution >= 4 is 48.3 Å². The Morgan fingerprint density at radius 1 is 0.975 bits per heavy atom. The summed E-state index contributed by atoms with van der Waals surface area (Å²) >= 11 is 1.71. The summed E-state index contributed by atoms with van der Waals surface area (Å²) in [5.74, 6) is 0.612. The van der Waals surface area contributed by atoms with Gasteiger partial charge in [0, 0.05) is 50.5 Å². The number of piperazine rings is 1. The molecule has 0 atom stereocenters. The average molecular weight is 580 g/mol. The summed E-state index contributed by atoms with van der Waals surface area (Å²) in [6, 6.07) is 17.1. The highest BCUT2D eigenvalue weighted by molar-refractivity contribution is 7.92. The number of methoxy groups -OCH3 is 1. The van der Waals surface area contributed by atoms with E-state index in [2.05, 4.69) is 32.8 Å². The van der Waals surface area contributed by atoms with Gasteiger partial charge in [-0.25, -0.2) is 13.4 Å². The first-order chi connectivity index (χ1) is 19.2. The summed E-state index contributed by atoms with van der Waals surface area (Å²) in [6.45, 7) is 8.79. The third-order valence-electron chi connectivity index (χ3n) is 7.00. The Bertz CT molecular complexity index is 1590. The van der Waals surface area contributed by atoms with Gasteiger partial charge >= 0.3 is 0 Å². The molecule has 0 spiro atoms. The number of carbonyl (C=O) groups is 1. The smallest absolute Gasteiger partial charge is 0.261 e. The lowest BCUT2D eigenvalue weighted by atomic mass is 10.2. The van der Waals surface area contributed by atoms with Crippen molar-refractivity contribution in [1.82, 2.24) is 15.2 Å². The minimum absolute atomic E-state index is 0.189. The van der Waals surface area contributed by atoms with E-state index in [0.717, 1.165) is 59.4 Å². The zero-order chi connectivity index (χ0) is 28.3. The third kappa shape index (κ3) is 6.22. The number of hydrogen-bond acceptors (Lipinski definition) is 8. The number of hydrogen-bond donors (Lipinski definition) is 2. The second-order valence-electron chi connectivity index (χ2n) is 9.84. The molecule has 0 aliphatic carbocycles. The van der Waals surface area contributed by atoms with E-state index in [-0.39, 0.29) is 10.8 Å². The van der Waals surface area contributed by atoms with Crippen LogP contribution in [0.3, 0.4) is 0 Å². The molecule has 11 heteroatoms. The van der Waals surface area contributed by atoms with Crippen LogP contribution in [0.25, 0.3) is 10.2 Å². The predicted octanol–water partition coefficient (Wildman–Crippen LogP) is 4.27. The van der Waals surface area contributed by atoms with Gasteiger partial charge in [0.15, 0.2) is 5.13 Å². The van der Waals surface area contributed by atoms with Gasteiger partial charge in [0.1, 0.15) is 11.3 Å². The molecule has 0 radical (unpaired) electrons. The molecular weight excluding hydrogens is 546 g/mol. The van der Waals surface area contributed by atoms with E-state index in [1.165, 1.54) is 5.56 Å². The average Bonchev–Trinajstić information content (AvgIpc) is 3.41. The highest BCUT2D eigenvalue weighted by atomic mass is 32.2. The first-order valence-electron chi connectivity index (χ1n) is 13.1.